The maximum absolute atomic E-state index is 12.9. The van der Waals surface area contributed by atoms with Crippen LogP contribution in [0.2, 0.25) is 0 Å². The van der Waals surface area contributed by atoms with Crippen molar-refractivity contribution < 1.29 is 22.7 Å². The highest BCUT2D eigenvalue weighted by atomic mass is 32.2. The summed E-state index contributed by atoms with van der Waals surface area (Å²) in [5.74, 6) is 1.94. The Morgan fingerprint density at radius 2 is 1.77 bits per heavy atom. The van der Waals surface area contributed by atoms with E-state index in [1.165, 1.54) is 31.0 Å². The molecule has 0 spiro atoms. The van der Waals surface area contributed by atoms with Gasteiger partial charge in [0.05, 0.1) is 34.6 Å². The molecule has 0 radical (unpaired) electrons. The van der Waals surface area contributed by atoms with Crippen LogP contribution in [0.3, 0.4) is 0 Å². The fraction of sp³-hybridized carbons (Fsp3) is 0.0909. The van der Waals surface area contributed by atoms with Gasteiger partial charge < -0.3 is 14.3 Å². The van der Waals surface area contributed by atoms with Crippen molar-refractivity contribution in [3.63, 3.8) is 0 Å². The molecule has 0 saturated carbocycles. The molecule has 1 heterocycles. The van der Waals surface area contributed by atoms with E-state index in [1.54, 1.807) is 54.8 Å². The van der Waals surface area contributed by atoms with Gasteiger partial charge in [-0.2, -0.15) is 0 Å². The van der Waals surface area contributed by atoms with Gasteiger partial charge in [-0.3, -0.25) is 4.72 Å². The average Bonchev–Trinajstić information content (AvgIpc) is 3.28. The van der Waals surface area contributed by atoms with Crippen LogP contribution in [0.15, 0.2) is 87.2 Å². The number of aromatic hydroxyl groups is 1. The molecule has 0 bridgehead atoms. The summed E-state index contributed by atoms with van der Waals surface area (Å²) in [7, 11) is -2.31. The van der Waals surface area contributed by atoms with Crippen LogP contribution in [0.1, 0.15) is 5.76 Å². The van der Waals surface area contributed by atoms with Gasteiger partial charge in [0.1, 0.15) is 17.3 Å². The molecule has 1 aromatic heterocycles. The molecule has 30 heavy (non-hydrogen) atoms. The molecule has 8 heteroatoms. The van der Waals surface area contributed by atoms with Crippen LogP contribution in [0.25, 0.3) is 10.8 Å². The lowest BCUT2D eigenvalue weighted by Gasteiger charge is -2.15. The average molecular weight is 442 g/mol. The van der Waals surface area contributed by atoms with Crippen molar-refractivity contribution in [3.05, 3.63) is 78.8 Å². The normalized spacial score (nSPS) is 11.5. The Bertz CT molecular complexity index is 1270. The Kier molecular flexibility index (Phi) is 5.61. The first-order valence-electron chi connectivity index (χ1n) is 9.05. The number of methoxy groups -OCH3 is 1. The highest BCUT2D eigenvalue weighted by Gasteiger charge is 2.19. The van der Waals surface area contributed by atoms with E-state index in [0.29, 0.717) is 32.9 Å². The smallest absolute Gasteiger partial charge is 0.261 e. The van der Waals surface area contributed by atoms with E-state index in [-0.39, 0.29) is 10.6 Å². The molecule has 2 N–H and O–H groups in total. The minimum absolute atomic E-state index is 0.106. The number of hydrogen-bond acceptors (Lipinski definition) is 6. The van der Waals surface area contributed by atoms with E-state index >= 15 is 0 Å². The summed E-state index contributed by atoms with van der Waals surface area (Å²) in [6, 6.07) is 18.5. The van der Waals surface area contributed by atoms with E-state index < -0.39 is 10.0 Å². The number of anilines is 1. The summed E-state index contributed by atoms with van der Waals surface area (Å²) in [6.07, 6.45) is 1.59. The van der Waals surface area contributed by atoms with Crippen molar-refractivity contribution in [2.24, 2.45) is 0 Å². The minimum Gasteiger partial charge on any atom is -0.506 e. The molecule has 0 saturated heterocycles. The number of ether oxygens (including phenoxy) is 1. The number of furan rings is 1. The second-order valence-electron chi connectivity index (χ2n) is 6.47. The van der Waals surface area contributed by atoms with Crippen LogP contribution in [-0.2, 0) is 15.8 Å². The number of fused-ring (bicyclic) bond motifs is 1. The molecule has 3 aromatic carbocycles. The second-order valence-corrected chi connectivity index (χ2v) is 9.17. The van der Waals surface area contributed by atoms with E-state index in [2.05, 4.69) is 4.72 Å². The third-order valence-electron chi connectivity index (χ3n) is 4.55. The Morgan fingerprint density at radius 1 is 1.03 bits per heavy atom. The molecule has 0 aliphatic carbocycles. The first kappa shape index (κ1) is 20.2. The van der Waals surface area contributed by atoms with Gasteiger partial charge in [0, 0.05) is 10.8 Å². The van der Waals surface area contributed by atoms with Crippen LogP contribution in [0, 0.1) is 0 Å². The van der Waals surface area contributed by atoms with Gasteiger partial charge in [0.25, 0.3) is 10.0 Å². The number of sulfonamides is 1. The second kappa shape index (κ2) is 8.33. The van der Waals surface area contributed by atoms with Gasteiger partial charge in [0.15, 0.2) is 0 Å². The van der Waals surface area contributed by atoms with E-state index in [9.17, 15) is 13.5 Å². The standard InChI is InChI=1S/C22H19NO5S2/c1-27-15-8-10-17(11-9-15)30(25,26)23-20-13-21(29-14-16-5-4-12-28-16)22(24)19-7-3-2-6-18(19)20/h2-13,23-24H,14H2,1H3. The molecule has 4 rings (SSSR count). The molecule has 4 aromatic rings. The zero-order valence-electron chi connectivity index (χ0n) is 16.0. The maximum Gasteiger partial charge on any atom is 0.261 e. The Balaban J connectivity index is 1.72. The molecular weight excluding hydrogens is 422 g/mol. The molecule has 0 unspecified atom stereocenters. The predicted molar refractivity (Wildman–Crippen MR) is 118 cm³/mol. The highest BCUT2D eigenvalue weighted by molar-refractivity contribution is 7.98. The molecule has 154 valence electrons. The summed E-state index contributed by atoms with van der Waals surface area (Å²) in [5, 5.41) is 11.9. The molecule has 6 nitrogen and oxygen atoms in total. The SMILES string of the molecule is COc1ccc(S(=O)(=O)Nc2cc(SCc3ccco3)c(O)c3ccccc23)cc1. The zero-order chi connectivity index (χ0) is 21.1. The van der Waals surface area contributed by atoms with Crippen LogP contribution in [0.5, 0.6) is 11.5 Å². The third kappa shape index (κ3) is 4.10. The monoisotopic (exact) mass is 441 g/mol. The highest BCUT2D eigenvalue weighted by Crippen LogP contribution is 2.41. The topological polar surface area (TPSA) is 88.8 Å². The summed E-state index contributed by atoms with van der Waals surface area (Å²) in [5.41, 5.74) is 0.390. The van der Waals surface area contributed by atoms with Gasteiger partial charge in [-0.15, -0.1) is 11.8 Å². The van der Waals surface area contributed by atoms with E-state index in [0.717, 1.165) is 5.76 Å². The number of phenolic OH excluding ortho intramolecular Hbond substituents is 1. The van der Waals surface area contributed by atoms with Crippen molar-refractivity contribution in [1.29, 1.82) is 0 Å². The Hall–Kier alpha value is -3.10. The molecular formula is C22H19NO5S2. The maximum atomic E-state index is 12.9. The van der Waals surface area contributed by atoms with Gasteiger partial charge in [-0.1, -0.05) is 24.3 Å². The number of thioether (sulfide) groups is 1. The van der Waals surface area contributed by atoms with E-state index in [4.69, 9.17) is 9.15 Å². The van der Waals surface area contributed by atoms with Crippen molar-refractivity contribution in [1.82, 2.24) is 0 Å². The van der Waals surface area contributed by atoms with Gasteiger partial charge >= 0.3 is 0 Å². The molecule has 0 aliphatic heterocycles. The van der Waals surface area contributed by atoms with Gasteiger partial charge in [-0.05, 0) is 42.5 Å². The quantitative estimate of drug-likeness (QED) is 0.301. The fourth-order valence-electron chi connectivity index (χ4n) is 3.03. The number of hydrogen-bond donors (Lipinski definition) is 2. The van der Waals surface area contributed by atoms with Crippen LogP contribution < -0.4 is 9.46 Å². The lowest BCUT2D eigenvalue weighted by atomic mass is 10.1. The summed E-state index contributed by atoms with van der Waals surface area (Å²) in [4.78, 5) is 0.669. The fourth-order valence-corrected chi connectivity index (χ4v) is 5.01. The molecule has 0 amide bonds. The summed E-state index contributed by atoms with van der Waals surface area (Å²) >= 11 is 1.37. The van der Waals surface area contributed by atoms with Gasteiger partial charge in [-0.25, -0.2) is 8.42 Å². The van der Waals surface area contributed by atoms with Crippen molar-refractivity contribution in [2.75, 3.05) is 11.8 Å². The van der Waals surface area contributed by atoms with Crippen LogP contribution in [-0.4, -0.2) is 20.6 Å². The largest absolute Gasteiger partial charge is 0.506 e. The predicted octanol–water partition coefficient (Wildman–Crippen LogP) is 5.24. The molecule has 0 atom stereocenters. The number of rotatable bonds is 7. The van der Waals surface area contributed by atoms with Crippen molar-refractivity contribution >= 4 is 38.2 Å². The summed E-state index contributed by atoms with van der Waals surface area (Å²) < 4.78 is 39.0. The van der Waals surface area contributed by atoms with Crippen molar-refractivity contribution in [3.8, 4) is 11.5 Å². The number of benzene rings is 3. The lowest BCUT2D eigenvalue weighted by molar-refractivity contribution is 0.414. The van der Waals surface area contributed by atoms with Crippen LogP contribution in [0.4, 0.5) is 5.69 Å². The zero-order valence-corrected chi connectivity index (χ0v) is 17.7. The first-order chi connectivity index (χ1) is 14.5. The summed E-state index contributed by atoms with van der Waals surface area (Å²) in [6.45, 7) is 0. The van der Waals surface area contributed by atoms with Crippen molar-refractivity contribution in [2.45, 2.75) is 15.5 Å². The van der Waals surface area contributed by atoms with Gasteiger partial charge in [0.2, 0.25) is 0 Å². The number of phenols is 1. The Morgan fingerprint density at radius 3 is 2.43 bits per heavy atom. The molecule has 0 fully saturated rings. The lowest BCUT2D eigenvalue weighted by Crippen LogP contribution is -2.13. The number of nitrogens with one attached hydrogen (secondary N) is 1. The first-order valence-corrected chi connectivity index (χ1v) is 11.5. The molecule has 0 aliphatic rings. The third-order valence-corrected chi connectivity index (χ3v) is 6.98. The van der Waals surface area contributed by atoms with E-state index in [1.807, 2.05) is 6.07 Å². The van der Waals surface area contributed by atoms with Crippen LogP contribution >= 0.6 is 11.8 Å². The minimum atomic E-state index is -3.83. The Labute approximate surface area is 178 Å².